The van der Waals surface area contributed by atoms with Gasteiger partial charge in [0.1, 0.15) is 9.88 Å². The Morgan fingerprint density at radius 1 is 1.28 bits per heavy atom. The van der Waals surface area contributed by atoms with E-state index in [0.29, 0.717) is 4.88 Å². The van der Waals surface area contributed by atoms with Crippen LogP contribution >= 0.6 is 11.3 Å². The summed E-state index contributed by atoms with van der Waals surface area (Å²) >= 11 is 1.47. The van der Waals surface area contributed by atoms with E-state index in [-0.39, 0.29) is 5.91 Å². The number of carbonyl (C=O) groups is 1. The number of nitrogens with one attached hydrogen (secondary N) is 1. The highest BCUT2D eigenvalue weighted by molar-refractivity contribution is 7.13. The van der Waals surface area contributed by atoms with E-state index in [9.17, 15) is 4.79 Å². The number of ether oxygens (including phenoxy) is 1. The lowest BCUT2D eigenvalue weighted by Gasteiger charge is -2.25. The number of morpholine rings is 1. The van der Waals surface area contributed by atoms with Crippen LogP contribution in [0.25, 0.3) is 0 Å². The van der Waals surface area contributed by atoms with Gasteiger partial charge in [-0.1, -0.05) is 0 Å². The lowest BCUT2D eigenvalue weighted by Crippen LogP contribution is -2.35. The zero-order valence-electron chi connectivity index (χ0n) is 14.9. The molecule has 0 spiro atoms. The van der Waals surface area contributed by atoms with Gasteiger partial charge in [0.15, 0.2) is 0 Å². The third kappa shape index (κ3) is 4.56. The summed E-state index contributed by atoms with van der Waals surface area (Å²) < 4.78 is 5.37. The van der Waals surface area contributed by atoms with Crippen LogP contribution in [0.15, 0.2) is 24.3 Å². The van der Waals surface area contributed by atoms with Crippen molar-refractivity contribution in [3.05, 3.63) is 39.8 Å². The summed E-state index contributed by atoms with van der Waals surface area (Å²) in [4.78, 5) is 22.2. The van der Waals surface area contributed by atoms with E-state index < -0.39 is 0 Å². The van der Waals surface area contributed by atoms with Crippen molar-refractivity contribution in [2.45, 2.75) is 13.5 Å². The third-order valence-electron chi connectivity index (χ3n) is 4.15. The summed E-state index contributed by atoms with van der Waals surface area (Å²) in [7, 11) is 3.98. The van der Waals surface area contributed by atoms with E-state index >= 15 is 0 Å². The normalized spacial score (nSPS) is 15.2. The van der Waals surface area contributed by atoms with Crippen molar-refractivity contribution < 1.29 is 9.53 Å². The van der Waals surface area contributed by atoms with Crippen LogP contribution in [0, 0.1) is 6.92 Å². The van der Waals surface area contributed by atoms with Crippen molar-refractivity contribution in [1.82, 2.24) is 9.88 Å². The van der Waals surface area contributed by atoms with E-state index in [4.69, 9.17) is 4.74 Å². The Morgan fingerprint density at radius 3 is 2.60 bits per heavy atom. The average molecular weight is 360 g/mol. The van der Waals surface area contributed by atoms with Crippen LogP contribution in [0.2, 0.25) is 0 Å². The third-order valence-corrected chi connectivity index (χ3v) is 5.29. The highest BCUT2D eigenvalue weighted by Crippen LogP contribution is 2.22. The Hall–Kier alpha value is -1.96. The molecule has 2 heterocycles. The fourth-order valence-electron chi connectivity index (χ4n) is 2.71. The van der Waals surface area contributed by atoms with Crippen LogP contribution in [0.5, 0.6) is 0 Å². The minimum atomic E-state index is -0.0965. The van der Waals surface area contributed by atoms with Crippen LogP contribution in [0.4, 0.5) is 11.4 Å². The van der Waals surface area contributed by atoms with Gasteiger partial charge in [0.25, 0.3) is 5.91 Å². The Morgan fingerprint density at radius 2 is 1.96 bits per heavy atom. The quantitative estimate of drug-likeness (QED) is 0.888. The summed E-state index contributed by atoms with van der Waals surface area (Å²) in [5, 5.41) is 3.94. The van der Waals surface area contributed by atoms with Crippen molar-refractivity contribution in [2.24, 2.45) is 0 Å². The minimum absolute atomic E-state index is 0.0965. The highest BCUT2D eigenvalue weighted by Gasteiger charge is 2.18. The summed E-state index contributed by atoms with van der Waals surface area (Å²) in [6.45, 7) is 6.03. The monoisotopic (exact) mass is 360 g/mol. The number of thiazole rings is 1. The molecule has 0 bridgehead atoms. The van der Waals surface area contributed by atoms with Crippen molar-refractivity contribution >= 4 is 28.6 Å². The van der Waals surface area contributed by atoms with E-state index in [1.165, 1.54) is 11.3 Å². The Balaban J connectivity index is 1.65. The molecular formula is C18H24N4O2S. The van der Waals surface area contributed by atoms with Crippen LogP contribution in [-0.2, 0) is 11.3 Å². The molecule has 7 heteroatoms. The van der Waals surface area contributed by atoms with E-state index in [2.05, 4.69) is 15.2 Å². The number of nitrogens with zero attached hydrogens (tertiary/aromatic N) is 3. The van der Waals surface area contributed by atoms with Crippen LogP contribution in [0.3, 0.4) is 0 Å². The van der Waals surface area contributed by atoms with Gasteiger partial charge in [-0.25, -0.2) is 4.98 Å². The lowest BCUT2D eigenvalue weighted by molar-refractivity contribution is 0.0341. The fraction of sp³-hybridized carbons (Fsp3) is 0.444. The maximum absolute atomic E-state index is 12.6. The Kier molecular flexibility index (Phi) is 5.67. The number of aryl methyl sites for hydroxylation is 1. The van der Waals surface area contributed by atoms with Crippen molar-refractivity contribution in [3.8, 4) is 0 Å². The molecule has 0 saturated carbocycles. The van der Waals surface area contributed by atoms with Gasteiger partial charge in [-0.3, -0.25) is 9.69 Å². The Labute approximate surface area is 152 Å². The zero-order valence-corrected chi connectivity index (χ0v) is 15.7. The van der Waals surface area contributed by atoms with E-state index in [1.807, 2.05) is 50.2 Å². The van der Waals surface area contributed by atoms with Gasteiger partial charge in [0.2, 0.25) is 0 Å². The number of anilines is 2. The molecular weight excluding hydrogens is 336 g/mol. The molecule has 1 saturated heterocycles. The van der Waals surface area contributed by atoms with Crippen molar-refractivity contribution in [3.63, 3.8) is 0 Å². The lowest BCUT2D eigenvalue weighted by atomic mass is 10.2. The molecule has 1 aromatic carbocycles. The number of hydrogen-bond acceptors (Lipinski definition) is 6. The molecule has 1 fully saturated rings. The molecule has 0 aliphatic carbocycles. The van der Waals surface area contributed by atoms with Gasteiger partial charge < -0.3 is 15.0 Å². The summed E-state index contributed by atoms with van der Waals surface area (Å²) in [5.41, 5.74) is 2.67. The topological polar surface area (TPSA) is 57.7 Å². The molecule has 0 atom stereocenters. The van der Waals surface area contributed by atoms with Gasteiger partial charge in [-0.2, -0.15) is 0 Å². The first-order chi connectivity index (χ1) is 12.0. The number of rotatable bonds is 5. The first kappa shape index (κ1) is 17.8. The summed E-state index contributed by atoms with van der Waals surface area (Å²) in [5.74, 6) is -0.0965. The zero-order chi connectivity index (χ0) is 17.8. The predicted molar refractivity (Wildman–Crippen MR) is 102 cm³/mol. The summed E-state index contributed by atoms with van der Waals surface area (Å²) in [6, 6.07) is 7.80. The molecule has 2 aromatic rings. The molecule has 134 valence electrons. The smallest absolute Gasteiger partial charge is 0.267 e. The number of amides is 1. The number of benzene rings is 1. The molecule has 1 aliphatic heterocycles. The van der Waals surface area contributed by atoms with Gasteiger partial charge in [0, 0.05) is 38.6 Å². The second-order valence-electron chi connectivity index (χ2n) is 6.31. The summed E-state index contributed by atoms with van der Waals surface area (Å²) in [6.07, 6.45) is 0. The van der Waals surface area contributed by atoms with E-state index in [1.54, 1.807) is 0 Å². The first-order valence-corrected chi connectivity index (χ1v) is 9.20. The minimum Gasteiger partial charge on any atom is -0.379 e. The standard InChI is InChI=1S/C18H24N4O2S/c1-13-17(25-16(19-13)12-22-8-10-24-11-9-22)18(23)20-14-4-6-15(7-5-14)21(2)3/h4-7H,8-12H2,1-3H3,(H,20,23). The van der Waals surface area contributed by atoms with Gasteiger partial charge >= 0.3 is 0 Å². The molecule has 1 amide bonds. The Bertz CT molecular complexity index is 721. The van der Waals surface area contributed by atoms with Crippen LogP contribution in [0.1, 0.15) is 20.4 Å². The molecule has 0 unspecified atom stereocenters. The van der Waals surface area contributed by atoms with Crippen LogP contribution in [-0.4, -0.2) is 56.2 Å². The van der Waals surface area contributed by atoms with Gasteiger partial charge in [0.05, 0.1) is 25.5 Å². The molecule has 6 nitrogen and oxygen atoms in total. The van der Waals surface area contributed by atoms with Crippen LogP contribution < -0.4 is 10.2 Å². The van der Waals surface area contributed by atoms with Crippen molar-refractivity contribution in [1.29, 1.82) is 0 Å². The maximum Gasteiger partial charge on any atom is 0.267 e. The van der Waals surface area contributed by atoms with Gasteiger partial charge in [-0.05, 0) is 31.2 Å². The second kappa shape index (κ2) is 7.95. The number of carbonyl (C=O) groups excluding carboxylic acids is 1. The number of hydrogen-bond donors (Lipinski definition) is 1. The first-order valence-electron chi connectivity index (χ1n) is 8.38. The van der Waals surface area contributed by atoms with Crippen molar-refractivity contribution in [2.75, 3.05) is 50.6 Å². The maximum atomic E-state index is 12.6. The molecule has 3 rings (SSSR count). The molecule has 1 N–H and O–H groups in total. The number of aromatic nitrogens is 1. The SMILES string of the molecule is Cc1nc(CN2CCOCC2)sc1C(=O)Nc1ccc(N(C)C)cc1. The fourth-order valence-corrected chi connectivity index (χ4v) is 3.71. The van der Waals surface area contributed by atoms with E-state index in [0.717, 1.165) is 54.9 Å². The molecule has 25 heavy (non-hydrogen) atoms. The largest absolute Gasteiger partial charge is 0.379 e. The molecule has 1 aromatic heterocycles. The second-order valence-corrected chi connectivity index (χ2v) is 7.39. The highest BCUT2D eigenvalue weighted by atomic mass is 32.1. The predicted octanol–water partition coefficient (Wildman–Crippen LogP) is 2.60. The molecule has 0 radical (unpaired) electrons. The van der Waals surface area contributed by atoms with Gasteiger partial charge in [-0.15, -0.1) is 11.3 Å². The molecule has 1 aliphatic rings. The average Bonchev–Trinajstić information content (AvgIpc) is 2.96.